The first-order valence-electron chi connectivity index (χ1n) is 8.89. The number of nitrogens with one attached hydrogen (secondary N) is 1. The zero-order valence-electron chi connectivity index (χ0n) is 15.5. The van der Waals surface area contributed by atoms with Crippen LogP contribution < -0.4 is 5.73 Å². The molecule has 0 unspecified atom stereocenters. The zero-order valence-corrected chi connectivity index (χ0v) is 16.3. The van der Waals surface area contributed by atoms with Crippen LogP contribution >= 0.6 is 0 Å². The maximum absolute atomic E-state index is 11.9. The summed E-state index contributed by atoms with van der Waals surface area (Å²) >= 11 is 0. The van der Waals surface area contributed by atoms with E-state index >= 15 is 0 Å². The van der Waals surface area contributed by atoms with Crippen LogP contribution in [0.25, 0.3) is 5.69 Å². The van der Waals surface area contributed by atoms with Gasteiger partial charge >= 0.3 is 0 Å². The van der Waals surface area contributed by atoms with Gasteiger partial charge < -0.3 is 10.6 Å². The van der Waals surface area contributed by atoms with E-state index in [2.05, 4.69) is 5.10 Å². The molecule has 1 aliphatic heterocycles. The van der Waals surface area contributed by atoms with E-state index < -0.39 is 9.84 Å². The Morgan fingerprint density at radius 3 is 2.64 bits per heavy atom. The molecule has 2 aromatic carbocycles. The summed E-state index contributed by atoms with van der Waals surface area (Å²) in [6.45, 7) is 1.16. The van der Waals surface area contributed by atoms with Crippen molar-refractivity contribution >= 4 is 21.4 Å². The second-order valence-corrected chi connectivity index (χ2v) is 8.94. The highest BCUT2D eigenvalue weighted by molar-refractivity contribution is 7.90. The number of sulfone groups is 1. The van der Waals surface area contributed by atoms with Gasteiger partial charge in [-0.25, -0.2) is 13.1 Å². The molecule has 28 heavy (non-hydrogen) atoms. The Balaban J connectivity index is 1.61. The number of nitrogen functional groups attached to an aromatic ring is 1. The average Bonchev–Trinajstić information content (AvgIpc) is 3.11. The molecule has 144 valence electrons. The fourth-order valence-corrected chi connectivity index (χ4v) is 4.01. The molecule has 3 N–H and O–H groups in total. The Labute approximate surface area is 163 Å². The molecule has 8 heteroatoms. The molecule has 1 aliphatic rings. The van der Waals surface area contributed by atoms with Crippen molar-refractivity contribution in [3.63, 3.8) is 0 Å². The van der Waals surface area contributed by atoms with E-state index in [-0.39, 0.29) is 10.7 Å². The van der Waals surface area contributed by atoms with Crippen LogP contribution in [0.1, 0.15) is 16.8 Å². The van der Waals surface area contributed by atoms with E-state index in [0.29, 0.717) is 30.8 Å². The minimum absolute atomic E-state index is 0.163. The van der Waals surface area contributed by atoms with Gasteiger partial charge in [-0.05, 0) is 30.3 Å². The Bertz CT molecular complexity index is 1150. The van der Waals surface area contributed by atoms with Gasteiger partial charge in [0.15, 0.2) is 9.84 Å². The standard InChI is InChI=1S/C20H21N5O2S/c1-28(26,27)16-7-8-18(21)17(11-16)20(22)24-10-9-19-14(12-24)13-25(23-19)15-5-3-2-4-6-15/h2-8,11,13,22H,9-10,12,21H2,1H3. The van der Waals surface area contributed by atoms with E-state index in [1.807, 2.05) is 46.1 Å². The summed E-state index contributed by atoms with van der Waals surface area (Å²) in [7, 11) is -3.37. The molecular weight excluding hydrogens is 374 g/mol. The third kappa shape index (κ3) is 3.38. The number of amidine groups is 1. The van der Waals surface area contributed by atoms with Crippen molar-refractivity contribution in [1.82, 2.24) is 14.7 Å². The predicted octanol–water partition coefficient (Wildman–Crippen LogP) is 2.24. The number of hydrogen-bond donors (Lipinski definition) is 2. The summed E-state index contributed by atoms with van der Waals surface area (Å²) in [5, 5.41) is 13.3. The summed E-state index contributed by atoms with van der Waals surface area (Å²) in [4.78, 5) is 2.06. The van der Waals surface area contributed by atoms with Gasteiger partial charge in [-0.1, -0.05) is 18.2 Å². The number of aromatic nitrogens is 2. The summed E-state index contributed by atoms with van der Waals surface area (Å²) in [5.74, 6) is 0.223. The third-order valence-corrected chi connectivity index (χ3v) is 6.01. The van der Waals surface area contributed by atoms with Gasteiger partial charge in [-0.15, -0.1) is 0 Å². The monoisotopic (exact) mass is 395 g/mol. The Morgan fingerprint density at radius 2 is 1.93 bits per heavy atom. The molecule has 0 radical (unpaired) electrons. The normalized spacial score (nSPS) is 14.0. The molecule has 0 atom stereocenters. The van der Waals surface area contributed by atoms with Crippen molar-refractivity contribution in [2.45, 2.75) is 17.9 Å². The lowest BCUT2D eigenvalue weighted by atomic mass is 10.1. The van der Waals surface area contributed by atoms with E-state index in [1.54, 1.807) is 6.07 Å². The van der Waals surface area contributed by atoms with Gasteiger partial charge in [-0.3, -0.25) is 5.41 Å². The highest BCUT2D eigenvalue weighted by Crippen LogP contribution is 2.24. The molecule has 0 amide bonds. The summed E-state index contributed by atoms with van der Waals surface area (Å²) < 4.78 is 25.6. The van der Waals surface area contributed by atoms with E-state index in [9.17, 15) is 8.42 Å². The third-order valence-electron chi connectivity index (χ3n) is 4.90. The second kappa shape index (κ2) is 6.79. The average molecular weight is 395 g/mol. The number of benzene rings is 2. The first kappa shape index (κ1) is 18.2. The topological polar surface area (TPSA) is 105 Å². The van der Waals surface area contributed by atoms with Crippen molar-refractivity contribution in [2.24, 2.45) is 0 Å². The smallest absolute Gasteiger partial charge is 0.175 e. The SMILES string of the molecule is CS(=O)(=O)c1ccc(N)c(C(=N)N2CCc3nn(-c4ccccc4)cc3C2)c1. The molecule has 0 saturated heterocycles. The van der Waals surface area contributed by atoms with Gasteiger partial charge in [0.2, 0.25) is 0 Å². The Hall–Kier alpha value is -3.13. The maximum Gasteiger partial charge on any atom is 0.175 e. The summed E-state index contributed by atoms with van der Waals surface area (Å²) in [6, 6.07) is 14.4. The number of para-hydroxylation sites is 1. The van der Waals surface area contributed by atoms with Crippen LogP contribution in [-0.2, 0) is 22.8 Å². The van der Waals surface area contributed by atoms with Crippen molar-refractivity contribution in [3.05, 3.63) is 71.5 Å². The van der Waals surface area contributed by atoms with Crippen LogP contribution in [0.4, 0.5) is 5.69 Å². The maximum atomic E-state index is 11.9. The van der Waals surface area contributed by atoms with Crippen LogP contribution in [0.2, 0.25) is 0 Å². The lowest BCUT2D eigenvalue weighted by molar-refractivity contribution is 0.390. The van der Waals surface area contributed by atoms with Crippen LogP contribution in [0.3, 0.4) is 0 Å². The van der Waals surface area contributed by atoms with Crippen LogP contribution in [0.5, 0.6) is 0 Å². The molecule has 2 heterocycles. The number of rotatable bonds is 3. The first-order valence-corrected chi connectivity index (χ1v) is 10.8. The van der Waals surface area contributed by atoms with Gasteiger partial charge in [0.05, 0.1) is 16.3 Å². The molecule has 7 nitrogen and oxygen atoms in total. The number of fused-ring (bicyclic) bond motifs is 1. The minimum Gasteiger partial charge on any atom is -0.398 e. The molecule has 3 aromatic rings. The Kier molecular flexibility index (Phi) is 4.43. The molecule has 1 aromatic heterocycles. The van der Waals surface area contributed by atoms with Gasteiger partial charge in [0.25, 0.3) is 0 Å². The van der Waals surface area contributed by atoms with Gasteiger partial charge in [0.1, 0.15) is 5.84 Å². The van der Waals surface area contributed by atoms with Crippen LogP contribution in [-0.4, -0.2) is 41.7 Å². The predicted molar refractivity (Wildman–Crippen MR) is 108 cm³/mol. The van der Waals surface area contributed by atoms with Crippen molar-refractivity contribution in [2.75, 3.05) is 18.5 Å². The summed E-state index contributed by atoms with van der Waals surface area (Å²) in [5.41, 5.74) is 9.92. The van der Waals surface area contributed by atoms with E-state index in [1.165, 1.54) is 12.1 Å². The highest BCUT2D eigenvalue weighted by atomic mass is 32.2. The van der Waals surface area contributed by atoms with E-state index in [0.717, 1.165) is 23.2 Å². The number of anilines is 1. The Morgan fingerprint density at radius 1 is 1.18 bits per heavy atom. The van der Waals surface area contributed by atoms with Gasteiger partial charge in [0, 0.05) is 48.8 Å². The number of hydrogen-bond acceptors (Lipinski definition) is 5. The zero-order chi connectivity index (χ0) is 19.9. The molecule has 0 aliphatic carbocycles. The molecular formula is C20H21N5O2S. The second-order valence-electron chi connectivity index (χ2n) is 6.92. The lowest BCUT2D eigenvalue weighted by Gasteiger charge is -2.29. The quantitative estimate of drug-likeness (QED) is 0.402. The molecule has 0 bridgehead atoms. The fourth-order valence-electron chi connectivity index (χ4n) is 3.36. The molecule has 0 saturated carbocycles. The fraction of sp³-hybridized carbons (Fsp3) is 0.200. The first-order chi connectivity index (χ1) is 13.3. The largest absolute Gasteiger partial charge is 0.398 e. The lowest BCUT2D eigenvalue weighted by Crippen LogP contribution is -2.36. The number of nitrogens with zero attached hydrogens (tertiary/aromatic N) is 3. The molecule has 4 rings (SSSR count). The number of nitrogens with two attached hydrogens (primary N) is 1. The minimum atomic E-state index is -3.37. The molecule has 0 spiro atoms. The van der Waals surface area contributed by atoms with E-state index in [4.69, 9.17) is 11.1 Å². The van der Waals surface area contributed by atoms with Crippen molar-refractivity contribution in [1.29, 1.82) is 5.41 Å². The van der Waals surface area contributed by atoms with Gasteiger partial charge in [-0.2, -0.15) is 5.10 Å². The highest BCUT2D eigenvalue weighted by Gasteiger charge is 2.24. The van der Waals surface area contributed by atoms with Crippen LogP contribution in [0, 0.1) is 5.41 Å². The van der Waals surface area contributed by atoms with Crippen LogP contribution in [0.15, 0.2) is 59.6 Å². The van der Waals surface area contributed by atoms with Crippen molar-refractivity contribution < 1.29 is 8.42 Å². The van der Waals surface area contributed by atoms with Crippen molar-refractivity contribution in [3.8, 4) is 5.69 Å². The molecule has 0 fully saturated rings. The summed E-state index contributed by atoms with van der Waals surface area (Å²) in [6.07, 6.45) is 3.85.